The second-order valence-corrected chi connectivity index (χ2v) is 8.19. The van der Waals surface area contributed by atoms with Crippen LogP contribution >= 0.6 is 0 Å². The third-order valence-corrected chi connectivity index (χ3v) is 4.58. The van der Waals surface area contributed by atoms with E-state index in [1.165, 1.54) is 0 Å². The number of carbonyl (C=O) groups is 2. The van der Waals surface area contributed by atoms with Crippen LogP contribution < -0.4 is 0 Å². The molecule has 0 amide bonds. The molecule has 0 radical (unpaired) electrons. The highest BCUT2D eigenvalue weighted by atomic mass is 32.2. The molecule has 0 aromatic rings. The molecule has 0 heterocycles. The van der Waals surface area contributed by atoms with Crippen LogP contribution in [0.1, 0.15) is 26.7 Å². The number of unbranched alkanes of at least 4 members (excludes halogenated alkanes) is 1. The fourth-order valence-electron chi connectivity index (χ4n) is 2.08. The maximum Gasteiger partial charge on any atom is 0.333 e. The SMILES string of the molecule is C=C(C)C(=O)OCC[N+](C)(CCCCS(=O)(=O)O)CCOC(=O)C(=C)C. The van der Waals surface area contributed by atoms with Gasteiger partial charge in [0.2, 0.25) is 0 Å². The molecule has 0 saturated carbocycles. The predicted octanol–water partition coefficient (Wildman–Crippen LogP) is 1.34. The number of carbonyl (C=O) groups excluding carboxylic acids is 2. The summed E-state index contributed by atoms with van der Waals surface area (Å²) in [4.78, 5) is 23.0. The number of quaternary nitrogens is 1. The molecule has 26 heavy (non-hydrogen) atoms. The minimum atomic E-state index is -3.98. The summed E-state index contributed by atoms with van der Waals surface area (Å²) in [5, 5.41) is 0. The lowest BCUT2D eigenvalue weighted by Crippen LogP contribution is -2.49. The molecule has 0 aliphatic rings. The van der Waals surface area contributed by atoms with Crippen LogP contribution in [0.15, 0.2) is 24.3 Å². The molecule has 0 aromatic heterocycles. The summed E-state index contributed by atoms with van der Waals surface area (Å²) in [5.41, 5.74) is 0.616. The van der Waals surface area contributed by atoms with Gasteiger partial charge in [0.25, 0.3) is 10.1 Å². The van der Waals surface area contributed by atoms with E-state index in [0.717, 1.165) is 0 Å². The molecule has 0 fully saturated rings. The Morgan fingerprint density at radius 1 is 0.923 bits per heavy atom. The first-order chi connectivity index (χ1) is 11.9. The van der Waals surface area contributed by atoms with Crippen molar-refractivity contribution < 1.29 is 36.5 Å². The van der Waals surface area contributed by atoms with Crippen molar-refractivity contribution in [3.8, 4) is 0 Å². The van der Waals surface area contributed by atoms with Crippen molar-refractivity contribution in [2.24, 2.45) is 0 Å². The van der Waals surface area contributed by atoms with Crippen molar-refractivity contribution in [1.82, 2.24) is 0 Å². The molecule has 150 valence electrons. The molecule has 0 spiro atoms. The van der Waals surface area contributed by atoms with Gasteiger partial charge in [-0.05, 0) is 26.7 Å². The number of rotatable bonds is 13. The maximum atomic E-state index is 11.5. The summed E-state index contributed by atoms with van der Waals surface area (Å²) in [6, 6.07) is 0. The Balaban J connectivity index is 4.62. The summed E-state index contributed by atoms with van der Waals surface area (Å²) in [6.45, 7) is 12.0. The molecule has 0 unspecified atom stereocenters. The summed E-state index contributed by atoms with van der Waals surface area (Å²) in [5.74, 6) is -1.25. The average molecular weight is 392 g/mol. The fourth-order valence-corrected chi connectivity index (χ4v) is 2.65. The van der Waals surface area contributed by atoms with E-state index in [2.05, 4.69) is 13.2 Å². The molecular weight excluding hydrogens is 362 g/mol. The van der Waals surface area contributed by atoms with Crippen LogP contribution in [-0.2, 0) is 29.2 Å². The highest BCUT2D eigenvalue weighted by Gasteiger charge is 2.23. The average Bonchev–Trinajstić information content (AvgIpc) is 2.50. The van der Waals surface area contributed by atoms with E-state index < -0.39 is 22.1 Å². The molecule has 0 atom stereocenters. The predicted molar refractivity (Wildman–Crippen MR) is 98.0 cm³/mol. The van der Waals surface area contributed by atoms with Crippen LogP contribution in [0.4, 0.5) is 0 Å². The molecule has 0 rings (SSSR count). The highest BCUT2D eigenvalue weighted by Crippen LogP contribution is 2.08. The van der Waals surface area contributed by atoms with Crippen molar-refractivity contribution in [3.05, 3.63) is 24.3 Å². The van der Waals surface area contributed by atoms with Gasteiger partial charge < -0.3 is 14.0 Å². The molecular formula is C17H30NO7S+. The van der Waals surface area contributed by atoms with Crippen molar-refractivity contribution >= 4 is 22.1 Å². The van der Waals surface area contributed by atoms with Crippen LogP contribution in [0.2, 0.25) is 0 Å². The minimum Gasteiger partial charge on any atom is -0.456 e. The van der Waals surface area contributed by atoms with E-state index in [4.69, 9.17) is 14.0 Å². The lowest BCUT2D eigenvalue weighted by atomic mass is 10.2. The van der Waals surface area contributed by atoms with Gasteiger partial charge in [0.05, 0.1) is 19.3 Å². The smallest absolute Gasteiger partial charge is 0.333 e. The monoisotopic (exact) mass is 392 g/mol. The Kier molecular flexibility index (Phi) is 10.4. The molecule has 8 nitrogen and oxygen atoms in total. The van der Waals surface area contributed by atoms with Gasteiger partial charge in [-0.15, -0.1) is 0 Å². The van der Waals surface area contributed by atoms with E-state index in [0.29, 0.717) is 48.1 Å². The highest BCUT2D eigenvalue weighted by molar-refractivity contribution is 7.85. The summed E-state index contributed by atoms with van der Waals surface area (Å²) >= 11 is 0. The van der Waals surface area contributed by atoms with Gasteiger partial charge in [-0.25, -0.2) is 9.59 Å². The number of ether oxygens (including phenoxy) is 2. The first kappa shape index (κ1) is 24.3. The lowest BCUT2D eigenvalue weighted by Gasteiger charge is -2.34. The van der Waals surface area contributed by atoms with Crippen LogP contribution in [0.3, 0.4) is 0 Å². The van der Waals surface area contributed by atoms with E-state index in [1.807, 2.05) is 7.05 Å². The molecule has 0 aliphatic heterocycles. The van der Waals surface area contributed by atoms with Gasteiger partial charge in [0.1, 0.15) is 26.3 Å². The van der Waals surface area contributed by atoms with Gasteiger partial charge in [-0.2, -0.15) is 8.42 Å². The van der Waals surface area contributed by atoms with Crippen molar-refractivity contribution in [1.29, 1.82) is 0 Å². The van der Waals surface area contributed by atoms with Crippen molar-refractivity contribution in [3.63, 3.8) is 0 Å². The third-order valence-electron chi connectivity index (χ3n) is 3.78. The van der Waals surface area contributed by atoms with Crippen LogP contribution in [0.25, 0.3) is 0 Å². The molecule has 0 bridgehead atoms. The molecule has 0 saturated heterocycles. The molecule has 0 aliphatic carbocycles. The van der Waals surface area contributed by atoms with Crippen molar-refractivity contribution in [2.45, 2.75) is 26.7 Å². The largest absolute Gasteiger partial charge is 0.456 e. The van der Waals surface area contributed by atoms with Gasteiger partial charge >= 0.3 is 11.9 Å². The van der Waals surface area contributed by atoms with E-state index in [9.17, 15) is 18.0 Å². The van der Waals surface area contributed by atoms with Crippen molar-refractivity contribution in [2.75, 3.05) is 45.6 Å². The first-order valence-electron chi connectivity index (χ1n) is 8.30. The lowest BCUT2D eigenvalue weighted by molar-refractivity contribution is -0.910. The number of likely N-dealkylation sites (N-methyl/N-ethyl adjacent to an activating group) is 1. The van der Waals surface area contributed by atoms with Gasteiger partial charge in [-0.1, -0.05) is 13.2 Å². The summed E-state index contributed by atoms with van der Waals surface area (Å²) in [7, 11) is -2.08. The zero-order valence-corrected chi connectivity index (χ0v) is 16.6. The van der Waals surface area contributed by atoms with Crippen LogP contribution in [-0.4, -0.2) is 75.0 Å². The van der Waals surface area contributed by atoms with E-state index >= 15 is 0 Å². The number of esters is 2. The second kappa shape index (κ2) is 11.1. The normalized spacial score (nSPS) is 11.7. The zero-order chi connectivity index (χ0) is 20.4. The molecule has 0 aromatic carbocycles. The maximum absolute atomic E-state index is 11.5. The topological polar surface area (TPSA) is 107 Å². The second-order valence-electron chi connectivity index (χ2n) is 6.62. The summed E-state index contributed by atoms with van der Waals surface area (Å²) < 4.78 is 41.0. The minimum absolute atomic E-state index is 0.162. The number of nitrogens with zero attached hydrogens (tertiary/aromatic N) is 1. The molecule has 9 heteroatoms. The quantitative estimate of drug-likeness (QED) is 0.166. The number of hydrogen-bond donors (Lipinski definition) is 1. The van der Waals surface area contributed by atoms with Gasteiger partial charge in [0.15, 0.2) is 0 Å². The van der Waals surface area contributed by atoms with E-state index in [-0.39, 0.29) is 19.0 Å². The van der Waals surface area contributed by atoms with Gasteiger partial charge in [0, 0.05) is 11.1 Å². The van der Waals surface area contributed by atoms with Crippen LogP contribution in [0, 0.1) is 0 Å². The summed E-state index contributed by atoms with van der Waals surface area (Å²) in [6.07, 6.45) is 0.850. The van der Waals surface area contributed by atoms with E-state index in [1.54, 1.807) is 13.8 Å². The molecule has 1 N–H and O–H groups in total. The zero-order valence-electron chi connectivity index (χ0n) is 15.8. The number of hydrogen-bond acceptors (Lipinski definition) is 6. The Morgan fingerprint density at radius 2 is 1.35 bits per heavy atom. The van der Waals surface area contributed by atoms with Gasteiger partial charge in [-0.3, -0.25) is 4.55 Å². The Morgan fingerprint density at radius 3 is 1.69 bits per heavy atom. The van der Waals surface area contributed by atoms with Crippen LogP contribution in [0.5, 0.6) is 0 Å². The fraction of sp³-hybridized carbons (Fsp3) is 0.647. The Labute approximate surface area is 155 Å². The Hall–Kier alpha value is -1.71. The standard InChI is InChI=1S/C17H29NO7S/c1-14(2)16(19)24-11-9-18(5,8-6-7-13-26(21,22)23)10-12-25-17(20)15(3)4/h1,3,6-13H2,2,4-5H3/p+1. The first-order valence-corrected chi connectivity index (χ1v) is 9.91. The third kappa shape index (κ3) is 11.8. The Bertz CT molecular complexity index is 593.